The minimum atomic E-state index is -3.12. The number of hydrogen-bond acceptors (Lipinski definition) is 3. The van der Waals surface area contributed by atoms with Gasteiger partial charge in [0.2, 0.25) is 10.0 Å². The molecule has 0 aromatic rings. The first-order valence-electron chi connectivity index (χ1n) is 5.38. The van der Waals surface area contributed by atoms with Crippen LogP contribution in [-0.4, -0.2) is 51.1 Å². The second-order valence-electron chi connectivity index (χ2n) is 4.01. The molecule has 1 atom stereocenters. The van der Waals surface area contributed by atoms with Crippen molar-refractivity contribution in [2.75, 3.05) is 26.4 Å². The Morgan fingerprint density at radius 1 is 1.56 bits per heavy atom. The van der Waals surface area contributed by atoms with Gasteiger partial charge in [-0.3, -0.25) is 4.99 Å². The van der Waals surface area contributed by atoms with Gasteiger partial charge in [-0.2, -0.15) is 4.31 Å². The topological polar surface area (TPSA) is 87.8 Å². The summed E-state index contributed by atoms with van der Waals surface area (Å²) in [5.41, 5.74) is 5.52. The maximum atomic E-state index is 11.5. The van der Waals surface area contributed by atoms with Crippen molar-refractivity contribution in [1.29, 1.82) is 0 Å². The lowest BCUT2D eigenvalue weighted by Gasteiger charge is -2.33. The number of aliphatic imine (C=N–C) groups is 1. The third-order valence-corrected chi connectivity index (χ3v) is 4.09. The Kier molecular flexibility index (Phi) is 4.55. The Morgan fingerprint density at radius 2 is 2.25 bits per heavy atom. The molecule has 7 heteroatoms. The molecule has 1 heterocycles. The molecule has 94 valence electrons. The SMILES string of the molecule is CN=C(N)NCC1CCCCN1S(C)(=O)=O. The molecule has 0 bridgehead atoms. The van der Waals surface area contributed by atoms with Crippen LogP contribution >= 0.6 is 0 Å². The number of nitrogens with two attached hydrogens (primary N) is 1. The summed E-state index contributed by atoms with van der Waals surface area (Å²) in [5.74, 6) is 0.346. The molecule has 6 nitrogen and oxygen atoms in total. The summed E-state index contributed by atoms with van der Waals surface area (Å²) in [6.45, 7) is 1.13. The maximum absolute atomic E-state index is 11.5. The molecule has 0 saturated carbocycles. The summed E-state index contributed by atoms with van der Waals surface area (Å²) in [7, 11) is -1.52. The Hall–Kier alpha value is -0.820. The number of nitrogens with zero attached hydrogens (tertiary/aromatic N) is 2. The van der Waals surface area contributed by atoms with Gasteiger partial charge in [-0.1, -0.05) is 6.42 Å². The van der Waals surface area contributed by atoms with Gasteiger partial charge in [0.05, 0.1) is 6.26 Å². The van der Waals surface area contributed by atoms with E-state index in [-0.39, 0.29) is 6.04 Å². The fourth-order valence-electron chi connectivity index (χ4n) is 1.92. The summed E-state index contributed by atoms with van der Waals surface area (Å²) in [6.07, 6.45) is 4.11. The largest absolute Gasteiger partial charge is 0.370 e. The minimum Gasteiger partial charge on any atom is -0.370 e. The normalized spacial score (nSPS) is 24.4. The van der Waals surface area contributed by atoms with Crippen molar-refractivity contribution < 1.29 is 8.42 Å². The molecule has 0 radical (unpaired) electrons. The molecule has 3 N–H and O–H groups in total. The van der Waals surface area contributed by atoms with Crippen molar-refractivity contribution in [3.05, 3.63) is 0 Å². The van der Waals surface area contributed by atoms with E-state index < -0.39 is 10.0 Å². The molecule has 0 spiro atoms. The van der Waals surface area contributed by atoms with Gasteiger partial charge in [-0.05, 0) is 12.8 Å². The fraction of sp³-hybridized carbons (Fsp3) is 0.889. The van der Waals surface area contributed by atoms with Crippen LogP contribution in [-0.2, 0) is 10.0 Å². The predicted octanol–water partition coefficient (Wildman–Crippen LogP) is -0.665. The predicted molar refractivity (Wildman–Crippen MR) is 64.7 cm³/mol. The Morgan fingerprint density at radius 3 is 2.81 bits per heavy atom. The van der Waals surface area contributed by atoms with E-state index in [1.54, 1.807) is 11.4 Å². The van der Waals surface area contributed by atoms with Gasteiger partial charge in [-0.25, -0.2) is 8.42 Å². The van der Waals surface area contributed by atoms with E-state index in [9.17, 15) is 8.42 Å². The monoisotopic (exact) mass is 248 g/mol. The van der Waals surface area contributed by atoms with Gasteiger partial charge in [-0.15, -0.1) is 0 Å². The van der Waals surface area contributed by atoms with Crippen molar-refractivity contribution in [3.63, 3.8) is 0 Å². The first-order valence-corrected chi connectivity index (χ1v) is 7.23. The molecule has 1 fully saturated rings. The van der Waals surface area contributed by atoms with Crippen LogP contribution < -0.4 is 11.1 Å². The first kappa shape index (κ1) is 13.2. The van der Waals surface area contributed by atoms with Crippen LogP contribution in [0.3, 0.4) is 0 Å². The molecule has 1 aliphatic rings. The van der Waals surface area contributed by atoms with Crippen molar-refractivity contribution in [3.8, 4) is 0 Å². The number of rotatable bonds is 3. The molecular weight excluding hydrogens is 228 g/mol. The quantitative estimate of drug-likeness (QED) is 0.512. The van der Waals surface area contributed by atoms with Gasteiger partial charge >= 0.3 is 0 Å². The third kappa shape index (κ3) is 3.64. The van der Waals surface area contributed by atoms with E-state index in [1.807, 2.05) is 0 Å². The lowest BCUT2D eigenvalue weighted by molar-refractivity contribution is 0.254. The molecule has 1 saturated heterocycles. The highest BCUT2D eigenvalue weighted by atomic mass is 32.2. The number of guanidine groups is 1. The molecular formula is C9H20N4O2S. The fourth-order valence-corrected chi connectivity index (χ4v) is 3.10. The lowest BCUT2D eigenvalue weighted by Crippen LogP contribution is -2.50. The number of hydrogen-bond donors (Lipinski definition) is 2. The number of piperidine rings is 1. The highest BCUT2D eigenvalue weighted by Crippen LogP contribution is 2.19. The van der Waals surface area contributed by atoms with Crippen molar-refractivity contribution in [2.24, 2.45) is 10.7 Å². The van der Waals surface area contributed by atoms with E-state index in [4.69, 9.17) is 5.73 Å². The van der Waals surface area contributed by atoms with Crippen LogP contribution in [0.1, 0.15) is 19.3 Å². The summed E-state index contributed by atoms with van der Waals surface area (Å²) in [4.78, 5) is 3.78. The van der Waals surface area contributed by atoms with Crippen LogP contribution in [0, 0.1) is 0 Å². The Bertz CT molecular complexity index is 353. The zero-order chi connectivity index (χ0) is 12.2. The van der Waals surface area contributed by atoms with Crippen LogP contribution in [0.5, 0.6) is 0 Å². The maximum Gasteiger partial charge on any atom is 0.211 e. The van der Waals surface area contributed by atoms with Crippen molar-refractivity contribution in [2.45, 2.75) is 25.3 Å². The van der Waals surface area contributed by atoms with E-state index in [2.05, 4.69) is 10.3 Å². The zero-order valence-corrected chi connectivity index (χ0v) is 10.6. The molecule has 1 unspecified atom stereocenters. The van der Waals surface area contributed by atoms with E-state index in [1.165, 1.54) is 6.26 Å². The molecule has 16 heavy (non-hydrogen) atoms. The molecule has 0 aliphatic carbocycles. The van der Waals surface area contributed by atoms with Crippen LogP contribution in [0.2, 0.25) is 0 Å². The second kappa shape index (κ2) is 5.49. The summed E-state index contributed by atoms with van der Waals surface area (Å²) in [6, 6.07) is -0.0101. The first-order chi connectivity index (χ1) is 7.45. The van der Waals surface area contributed by atoms with Gasteiger partial charge in [0.15, 0.2) is 5.96 Å². The van der Waals surface area contributed by atoms with Gasteiger partial charge in [0.25, 0.3) is 0 Å². The lowest BCUT2D eigenvalue weighted by atomic mass is 10.1. The smallest absolute Gasteiger partial charge is 0.211 e. The van der Waals surface area contributed by atoms with Crippen molar-refractivity contribution >= 4 is 16.0 Å². The van der Waals surface area contributed by atoms with Crippen LogP contribution in [0.15, 0.2) is 4.99 Å². The average molecular weight is 248 g/mol. The third-order valence-electron chi connectivity index (χ3n) is 2.76. The molecule has 0 amide bonds. The number of sulfonamides is 1. The van der Waals surface area contributed by atoms with E-state index >= 15 is 0 Å². The summed E-state index contributed by atoms with van der Waals surface area (Å²) in [5, 5.41) is 2.93. The highest BCUT2D eigenvalue weighted by Gasteiger charge is 2.28. The minimum absolute atomic E-state index is 0.0101. The number of nitrogens with one attached hydrogen (secondary N) is 1. The van der Waals surface area contributed by atoms with Crippen LogP contribution in [0.4, 0.5) is 0 Å². The Labute approximate surface area is 97.0 Å². The highest BCUT2D eigenvalue weighted by molar-refractivity contribution is 7.88. The molecule has 0 aromatic heterocycles. The molecule has 1 aliphatic heterocycles. The molecule has 0 aromatic carbocycles. The zero-order valence-electron chi connectivity index (χ0n) is 9.81. The Balaban J connectivity index is 2.61. The molecule has 1 rings (SSSR count). The van der Waals surface area contributed by atoms with E-state index in [0.717, 1.165) is 19.3 Å². The van der Waals surface area contributed by atoms with Crippen LogP contribution in [0.25, 0.3) is 0 Å². The second-order valence-corrected chi connectivity index (χ2v) is 5.95. The summed E-state index contributed by atoms with van der Waals surface area (Å²) >= 11 is 0. The van der Waals surface area contributed by atoms with Gasteiger partial charge in [0.1, 0.15) is 0 Å². The van der Waals surface area contributed by atoms with Crippen molar-refractivity contribution in [1.82, 2.24) is 9.62 Å². The summed E-state index contributed by atoms with van der Waals surface area (Å²) < 4.78 is 24.6. The van der Waals surface area contributed by atoms with E-state index in [0.29, 0.717) is 19.0 Å². The van der Waals surface area contributed by atoms with Gasteiger partial charge < -0.3 is 11.1 Å². The standard InChI is InChI=1S/C9H20N4O2S/c1-11-9(10)12-7-8-5-3-4-6-13(8)16(2,14)15/h8H,3-7H2,1-2H3,(H3,10,11,12). The average Bonchev–Trinajstić information content (AvgIpc) is 2.25. The van der Waals surface area contributed by atoms with Gasteiger partial charge in [0, 0.05) is 26.2 Å².